The van der Waals surface area contributed by atoms with Gasteiger partial charge in [-0.25, -0.2) is 9.97 Å². The molecular weight excluding hydrogens is 472 g/mol. The van der Waals surface area contributed by atoms with Crippen LogP contribution in [0.1, 0.15) is 39.5 Å². The predicted octanol–water partition coefficient (Wildman–Crippen LogP) is 3.46. The van der Waals surface area contributed by atoms with Gasteiger partial charge >= 0.3 is 0 Å². The monoisotopic (exact) mass is 502 g/mol. The Bertz CT molecular complexity index is 1320. The number of carbonyl (C=O) groups is 1. The van der Waals surface area contributed by atoms with Crippen molar-refractivity contribution in [2.75, 3.05) is 52.1 Å². The normalized spacial score (nSPS) is 19.0. The zero-order chi connectivity index (χ0) is 25.4. The maximum absolute atomic E-state index is 13.0. The van der Waals surface area contributed by atoms with Gasteiger partial charge in [0, 0.05) is 57.3 Å². The number of carbonyl (C=O) groups excluding carboxylic acids is 1. The number of nitrogens with zero attached hydrogens (tertiary/aromatic N) is 4. The van der Waals surface area contributed by atoms with E-state index < -0.39 is 0 Å². The van der Waals surface area contributed by atoms with Crippen molar-refractivity contribution in [3.05, 3.63) is 65.0 Å². The molecule has 0 saturated carbocycles. The summed E-state index contributed by atoms with van der Waals surface area (Å²) >= 11 is 0. The van der Waals surface area contributed by atoms with Crippen molar-refractivity contribution in [2.45, 2.75) is 25.3 Å². The van der Waals surface area contributed by atoms with Crippen LogP contribution in [0.2, 0.25) is 0 Å². The number of ether oxygens (including phenoxy) is 4. The number of anilines is 1. The van der Waals surface area contributed by atoms with Crippen LogP contribution in [-0.2, 0) is 13.0 Å². The van der Waals surface area contributed by atoms with Gasteiger partial charge in [-0.3, -0.25) is 9.69 Å². The maximum atomic E-state index is 13.0. The molecule has 9 heteroatoms. The van der Waals surface area contributed by atoms with Crippen molar-refractivity contribution >= 4 is 11.7 Å². The Hall–Kier alpha value is -3.85. The number of aromatic nitrogens is 2. The van der Waals surface area contributed by atoms with Gasteiger partial charge in [-0.05, 0) is 35.7 Å². The lowest BCUT2D eigenvalue weighted by atomic mass is 9.82. The van der Waals surface area contributed by atoms with Crippen LogP contribution in [0.4, 0.5) is 5.95 Å². The van der Waals surface area contributed by atoms with E-state index in [-0.39, 0.29) is 18.5 Å². The van der Waals surface area contributed by atoms with Crippen LogP contribution in [0.3, 0.4) is 0 Å². The molecule has 1 aliphatic carbocycles. The molecule has 6 rings (SSSR count). The van der Waals surface area contributed by atoms with Crippen LogP contribution < -0.4 is 23.8 Å². The van der Waals surface area contributed by atoms with Crippen molar-refractivity contribution in [3.8, 4) is 23.0 Å². The molecule has 3 aromatic rings. The van der Waals surface area contributed by atoms with E-state index in [4.69, 9.17) is 23.9 Å². The fourth-order valence-electron chi connectivity index (χ4n) is 5.37. The zero-order valence-corrected chi connectivity index (χ0v) is 21.1. The SMILES string of the molecule is COc1ccc(C2CC(=O)c3cnc(N4CCN(Cc5ccc6c(c5)OCO6)CC4)nc3C2)c(OC)c1. The Labute approximate surface area is 215 Å². The first-order valence-electron chi connectivity index (χ1n) is 12.6. The third-order valence-corrected chi connectivity index (χ3v) is 7.41. The topological polar surface area (TPSA) is 86.3 Å². The number of benzene rings is 2. The minimum Gasteiger partial charge on any atom is -0.497 e. The molecule has 0 N–H and O–H groups in total. The average molecular weight is 503 g/mol. The Morgan fingerprint density at radius 2 is 1.81 bits per heavy atom. The first-order chi connectivity index (χ1) is 18.1. The van der Waals surface area contributed by atoms with Gasteiger partial charge in [0.1, 0.15) is 11.5 Å². The third kappa shape index (κ3) is 4.67. The fraction of sp³-hybridized carbons (Fsp3) is 0.393. The number of Topliss-reactive ketones (excluding diaryl/α,β-unsaturated/α-hetero) is 1. The number of methoxy groups -OCH3 is 2. The Kier molecular flexibility index (Phi) is 6.30. The summed E-state index contributed by atoms with van der Waals surface area (Å²) in [5, 5.41) is 0. The molecule has 2 aromatic carbocycles. The van der Waals surface area contributed by atoms with Crippen LogP contribution in [0.5, 0.6) is 23.0 Å². The maximum Gasteiger partial charge on any atom is 0.231 e. The third-order valence-electron chi connectivity index (χ3n) is 7.41. The molecule has 0 radical (unpaired) electrons. The Balaban J connectivity index is 1.14. The van der Waals surface area contributed by atoms with Crippen molar-refractivity contribution in [1.82, 2.24) is 14.9 Å². The summed E-state index contributed by atoms with van der Waals surface area (Å²) in [6.45, 7) is 4.60. The van der Waals surface area contributed by atoms with Gasteiger partial charge in [-0.1, -0.05) is 12.1 Å². The summed E-state index contributed by atoms with van der Waals surface area (Å²) in [7, 11) is 3.27. The number of ketones is 1. The minimum atomic E-state index is 0.00199. The molecule has 1 unspecified atom stereocenters. The number of rotatable bonds is 6. The second-order valence-electron chi connectivity index (χ2n) is 9.62. The highest BCUT2D eigenvalue weighted by molar-refractivity contribution is 5.98. The highest BCUT2D eigenvalue weighted by atomic mass is 16.7. The van der Waals surface area contributed by atoms with Crippen LogP contribution in [-0.4, -0.2) is 67.8 Å². The Morgan fingerprint density at radius 1 is 0.973 bits per heavy atom. The van der Waals surface area contributed by atoms with E-state index in [1.807, 2.05) is 24.3 Å². The van der Waals surface area contributed by atoms with Crippen molar-refractivity contribution in [2.24, 2.45) is 0 Å². The van der Waals surface area contributed by atoms with Gasteiger partial charge < -0.3 is 23.8 Å². The minimum absolute atomic E-state index is 0.00199. The summed E-state index contributed by atoms with van der Waals surface area (Å²) in [6.07, 6.45) is 2.79. The van der Waals surface area contributed by atoms with E-state index in [1.54, 1.807) is 20.4 Å². The van der Waals surface area contributed by atoms with Gasteiger partial charge in [0.2, 0.25) is 12.7 Å². The molecule has 1 aromatic heterocycles. The molecule has 3 heterocycles. The van der Waals surface area contributed by atoms with Crippen molar-refractivity contribution < 1.29 is 23.7 Å². The fourth-order valence-corrected chi connectivity index (χ4v) is 5.37. The molecule has 0 amide bonds. The summed E-state index contributed by atoms with van der Waals surface area (Å²) in [5.41, 5.74) is 3.65. The van der Waals surface area contributed by atoms with Gasteiger partial charge in [0.15, 0.2) is 17.3 Å². The predicted molar refractivity (Wildman–Crippen MR) is 137 cm³/mol. The summed E-state index contributed by atoms with van der Waals surface area (Å²) in [5.74, 6) is 3.85. The van der Waals surface area contributed by atoms with Crippen molar-refractivity contribution in [3.63, 3.8) is 0 Å². The molecule has 1 atom stereocenters. The lowest BCUT2D eigenvalue weighted by Crippen LogP contribution is -2.46. The van der Waals surface area contributed by atoms with Crippen LogP contribution in [0.15, 0.2) is 42.6 Å². The van der Waals surface area contributed by atoms with E-state index >= 15 is 0 Å². The van der Waals surface area contributed by atoms with Crippen molar-refractivity contribution in [1.29, 1.82) is 0 Å². The number of piperazine rings is 1. The quantitative estimate of drug-likeness (QED) is 0.503. The summed E-state index contributed by atoms with van der Waals surface area (Å²) in [6, 6.07) is 11.9. The lowest BCUT2D eigenvalue weighted by Gasteiger charge is -2.35. The second kappa shape index (κ2) is 9.89. The van der Waals surface area contributed by atoms with E-state index in [0.717, 1.165) is 67.0 Å². The number of hydrogen-bond donors (Lipinski definition) is 0. The molecular formula is C28H30N4O5. The molecule has 37 heavy (non-hydrogen) atoms. The molecule has 0 spiro atoms. The second-order valence-corrected chi connectivity index (χ2v) is 9.62. The molecule has 1 saturated heterocycles. The summed E-state index contributed by atoms with van der Waals surface area (Å²) < 4.78 is 21.9. The van der Waals surface area contributed by atoms with Crippen LogP contribution in [0, 0.1) is 0 Å². The molecule has 192 valence electrons. The van der Waals surface area contributed by atoms with Gasteiger partial charge in [0.05, 0.1) is 25.5 Å². The van der Waals surface area contributed by atoms with Gasteiger partial charge in [-0.2, -0.15) is 0 Å². The molecule has 9 nitrogen and oxygen atoms in total. The van der Waals surface area contributed by atoms with E-state index in [0.29, 0.717) is 24.4 Å². The number of fused-ring (bicyclic) bond motifs is 2. The molecule has 0 bridgehead atoms. The van der Waals surface area contributed by atoms with Gasteiger partial charge in [0.25, 0.3) is 0 Å². The zero-order valence-electron chi connectivity index (χ0n) is 21.1. The molecule has 1 fully saturated rings. The number of hydrogen-bond acceptors (Lipinski definition) is 9. The molecule has 2 aliphatic heterocycles. The highest BCUT2D eigenvalue weighted by Gasteiger charge is 2.31. The Morgan fingerprint density at radius 3 is 2.62 bits per heavy atom. The first-order valence-corrected chi connectivity index (χ1v) is 12.6. The highest BCUT2D eigenvalue weighted by Crippen LogP contribution is 2.38. The smallest absolute Gasteiger partial charge is 0.231 e. The van der Waals surface area contributed by atoms with Gasteiger partial charge in [-0.15, -0.1) is 0 Å². The van der Waals surface area contributed by atoms with Crippen LogP contribution >= 0.6 is 0 Å². The first kappa shape index (κ1) is 23.5. The van der Waals surface area contributed by atoms with E-state index in [9.17, 15) is 4.79 Å². The lowest BCUT2D eigenvalue weighted by molar-refractivity contribution is 0.0962. The largest absolute Gasteiger partial charge is 0.497 e. The molecule has 3 aliphatic rings. The summed E-state index contributed by atoms with van der Waals surface area (Å²) in [4.78, 5) is 27.1. The standard InChI is InChI=1S/C28H30N4O5/c1-34-20-4-5-21(26(14-20)35-2)19-12-23-22(24(33)13-19)15-29-28(30-23)32-9-7-31(8-10-32)16-18-3-6-25-27(11-18)37-17-36-25/h3-6,11,14-15,19H,7-10,12-13,16-17H2,1-2H3. The van der Waals surface area contributed by atoms with E-state index in [1.165, 1.54) is 5.56 Å². The van der Waals surface area contributed by atoms with Crippen LogP contribution in [0.25, 0.3) is 0 Å². The average Bonchev–Trinajstić information content (AvgIpc) is 3.41. The van der Waals surface area contributed by atoms with E-state index in [2.05, 4.69) is 26.9 Å².